The van der Waals surface area contributed by atoms with Crippen LogP contribution in [0.15, 0.2) is 18.2 Å². The lowest BCUT2D eigenvalue weighted by Gasteiger charge is -2.14. The molecule has 0 fully saturated rings. The van der Waals surface area contributed by atoms with E-state index in [4.69, 9.17) is 0 Å². The lowest BCUT2D eigenvalue weighted by molar-refractivity contribution is -0.385. The molecule has 0 spiro atoms. The van der Waals surface area contributed by atoms with E-state index < -0.39 is 4.92 Å². The highest BCUT2D eigenvalue weighted by Crippen LogP contribution is 2.21. The number of amides is 1. The second kappa shape index (κ2) is 7.23. The zero-order chi connectivity index (χ0) is 14.4. The molecule has 1 aromatic rings. The van der Waals surface area contributed by atoms with Crippen LogP contribution < -0.4 is 5.32 Å². The van der Waals surface area contributed by atoms with Crippen molar-refractivity contribution in [3.8, 4) is 0 Å². The van der Waals surface area contributed by atoms with Gasteiger partial charge in [0.25, 0.3) is 11.6 Å². The molecular weight excluding hydrogens is 312 g/mol. The van der Waals surface area contributed by atoms with Gasteiger partial charge >= 0.3 is 0 Å². The first-order valence-corrected chi connectivity index (χ1v) is 7.20. The number of carbonyl (C=O) groups is 1. The zero-order valence-electron chi connectivity index (χ0n) is 11.0. The van der Waals surface area contributed by atoms with E-state index in [-0.39, 0.29) is 23.2 Å². The minimum atomic E-state index is -0.523. The first kappa shape index (κ1) is 15.6. The standard InChI is InChI=1S/C13H17BrN2O3/c1-9-5-3-7-11(16(18)19)12(9)13(17)15-10(2)6-4-8-14/h3,5,7,10H,4,6,8H2,1-2H3,(H,15,17). The van der Waals surface area contributed by atoms with Crippen LogP contribution in [0.2, 0.25) is 0 Å². The maximum Gasteiger partial charge on any atom is 0.282 e. The van der Waals surface area contributed by atoms with Crippen LogP contribution in [0, 0.1) is 17.0 Å². The summed E-state index contributed by atoms with van der Waals surface area (Å²) in [5.41, 5.74) is 0.614. The highest BCUT2D eigenvalue weighted by atomic mass is 79.9. The quantitative estimate of drug-likeness (QED) is 0.495. The Labute approximate surface area is 120 Å². The molecule has 1 N–H and O–H groups in total. The number of nitrogens with one attached hydrogen (secondary N) is 1. The van der Waals surface area contributed by atoms with E-state index in [1.807, 2.05) is 6.92 Å². The molecule has 6 heteroatoms. The van der Waals surface area contributed by atoms with Gasteiger partial charge in [0.2, 0.25) is 0 Å². The van der Waals surface area contributed by atoms with Crippen molar-refractivity contribution < 1.29 is 9.72 Å². The maximum absolute atomic E-state index is 12.1. The predicted octanol–water partition coefficient (Wildman–Crippen LogP) is 3.20. The molecule has 104 valence electrons. The molecule has 0 radical (unpaired) electrons. The van der Waals surface area contributed by atoms with Crippen LogP contribution in [-0.4, -0.2) is 22.2 Å². The van der Waals surface area contributed by atoms with Gasteiger partial charge in [0.1, 0.15) is 5.56 Å². The monoisotopic (exact) mass is 328 g/mol. The average Bonchev–Trinajstić information content (AvgIpc) is 2.35. The molecule has 0 aromatic heterocycles. The number of benzene rings is 1. The fraction of sp³-hybridized carbons (Fsp3) is 0.462. The summed E-state index contributed by atoms with van der Waals surface area (Å²) in [6, 6.07) is 4.62. The molecule has 1 amide bonds. The molecule has 5 nitrogen and oxygen atoms in total. The minimum Gasteiger partial charge on any atom is -0.349 e. The molecular formula is C13H17BrN2O3. The first-order chi connectivity index (χ1) is 8.97. The van der Waals surface area contributed by atoms with Crippen molar-refractivity contribution in [1.82, 2.24) is 5.32 Å². The van der Waals surface area contributed by atoms with Gasteiger partial charge in [-0.15, -0.1) is 0 Å². The van der Waals surface area contributed by atoms with Gasteiger partial charge in [0.05, 0.1) is 4.92 Å². The third-order valence-corrected chi connectivity index (χ3v) is 3.38. The number of nitro groups is 1. The average molecular weight is 329 g/mol. The molecule has 1 atom stereocenters. The number of hydrogen-bond donors (Lipinski definition) is 1. The number of rotatable bonds is 6. The maximum atomic E-state index is 12.1. The van der Waals surface area contributed by atoms with Crippen molar-refractivity contribution >= 4 is 27.5 Å². The Hall–Kier alpha value is -1.43. The smallest absolute Gasteiger partial charge is 0.282 e. The van der Waals surface area contributed by atoms with Gasteiger partial charge in [-0.1, -0.05) is 28.1 Å². The fourth-order valence-electron chi connectivity index (χ4n) is 1.85. The summed E-state index contributed by atoms with van der Waals surface area (Å²) in [7, 11) is 0. The van der Waals surface area contributed by atoms with Crippen LogP contribution in [0.5, 0.6) is 0 Å². The lowest BCUT2D eigenvalue weighted by atomic mass is 10.1. The van der Waals surface area contributed by atoms with E-state index in [9.17, 15) is 14.9 Å². The van der Waals surface area contributed by atoms with Gasteiger partial charge in [-0.25, -0.2) is 0 Å². The van der Waals surface area contributed by atoms with Gasteiger partial charge in [-0.05, 0) is 32.3 Å². The van der Waals surface area contributed by atoms with Crippen molar-refractivity contribution in [2.45, 2.75) is 32.7 Å². The summed E-state index contributed by atoms with van der Waals surface area (Å²) in [4.78, 5) is 22.6. The Morgan fingerprint density at radius 1 is 1.53 bits per heavy atom. The molecule has 0 aliphatic heterocycles. The number of hydrogen-bond acceptors (Lipinski definition) is 3. The Balaban J connectivity index is 2.90. The van der Waals surface area contributed by atoms with E-state index in [2.05, 4.69) is 21.2 Å². The summed E-state index contributed by atoms with van der Waals surface area (Å²) in [5.74, 6) is -0.383. The van der Waals surface area contributed by atoms with Gasteiger partial charge in [0, 0.05) is 17.4 Å². The van der Waals surface area contributed by atoms with Crippen LogP contribution in [0.1, 0.15) is 35.7 Å². The summed E-state index contributed by atoms with van der Waals surface area (Å²) >= 11 is 3.33. The molecule has 0 aliphatic rings. The molecule has 19 heavy (non-hydrogen) atoms. The Kier molecular flexibility index (Phi) is 5.95. The second-order valence-electron chi connectivity index (χ2n) is 4.43. The Bertz CT molecular complexity index is 477. The van der Waals surface area contributed by atoms with Crippen LogP contribution in [0.4, 0.5) is 5.69 Å². The molecule has 1 aromatic carbocycles. The van der Waals surface area contributed by atoms with Crippen LogP contribution in [0.25, 0.3) is 0 Å². The topological polar surface area (TPSA) is 72.2 Å². The van der Waals surface area contributed by atoms with E-state index in [1.54, 1.807) is 19.1 Å². The highest BCUT2D eigenvalue weighted by molar-refractivity contribution is 9.09. The van der Waals surface area contributed by atoms with Crippen LogP contribution in [0.3, 0.4) is 0 Å². The second-order valence-corrected chi connectivity index (χ2v) is 5.22. The van der Waals surface area contributed by atoms with Crippen LogP contribution >= 0.6 is 15.9 Å². The number of aryl methyl sites for hydroxylation is 1. The molecule has 0 bridgehead atoms. The minimum absolute atomic E-state index is 0.00994. The summed E-state index contributed by atoms with van der Waals surface area (Å²) in [6.45, 7) is 3.59. The van der Waals surface area contributed by atoms with Gasteiger partial charge < -0.3 is 5.32 Å². The molecule has 0 heterocycles. The molecule has 1 rings (SSSR count). The number of nitrogens with zero attached hydrogens (tertiary/aromatic N) is 1. The summed E-state index contributed by atoms with van der Waals surface area (Å²) < 4.78 is 0. The zero-order valence-corrected chi connectivity index (χ0v) is 12.6. The normalized spacial score (nSPS) is 11.9. The van der Waals surface area contributed by atoms with E-state index in [0.29, 0.717) is 5.56 Å². The van der Waals surface area contributed by atoms with E-state index in [1.165, 1.54) is 6.07 Å². The number of halogens is 1. The van der Waals surface area contributed by atoms with Gasteiger partial charge in [-0.3, -0.25) is 14.9 Å². The predicted molar refractivity (Wildman–Crippen MR) is 77.8 cm³/mol. The van der Waals surface area contributed by atoms with E-state index in [0.717, 1.165) is 18.2 Å². The number of alkyl halides is 1. The van der Waals surface area contributed by atoms with Crippen LogP contribution in [-0.2, 0) is 0 Å². The van der Waals surface area contributed by atoms with Crippen molar-refractivity contribution in [2.24, 2.45) is 0 Å². The lowest BCUT2D eigenvalue weighted by Crippen LogP contribution is -2.33. The Morgan fingerprint density at radius 2 is 2.21 bits per heavy atom. The molecule has 0 saturated heterocycles. The van der Waals surface area contributed by atoms with Gasteiger partial charge in [0.15, 0.2) is 0 Å². The highest BCUT2D eigenvalue weighted by Gasteiger charge is 2.22. The largest absolute Gasteiger partial charge is 0.349 e. The third-order valence-electron chi connectivity index (χ3n) is 2.82. The third kappa shape index (κ3) is 4.31. The number of nitro benzene ring substituents is 1. The van der Waals surface area contributed by atoms with E-state index >= 15 is 0 Å². The van der Waals surface area contributed by atoms with Gasteiger partial charge in [-0.2, -0.15) is 0 Å². The van der Waals surface area contributed by atoms with Crippen molar-refractivity contribution in [2.75, 3.05) is 5.33 Å². The summed E-state index contributed by atoms with van der Waals surface area (Å²) in [6.07, 6.45) is 1.77. The molecule has 0 saturated carbocycles. The number of carbonyl (C=O) groups excluding carboxylic acids is 1. The Morgan fingerprint density at radius 3 is 2.79 bits per heavy atom. The van der Waals surface area contributed by atoms with Crippen molar-refractivity contribution in [3.63, 3.8) is 0 Å². The molecule has 1 unspecified atom stereocenters. The summed E-state index contributed by atoms with van der Waals surface area (Å²) in [5, 5.41) is 14.6. The van der Waals surface area contributed by atoms with Crippen molar-refractivity contribution in [1.29, 1.82) is 0 Å². The van der Waals surface area contributed by atoms with Crippen molar-refractivity contribution in [3.05, 3.63) is 39.4 Å². The first-order valence-electron chi connectivity index (χ1n) is 6.08. The molecule has 0 aliphatic carbocycles. The fourth-order valence-corrected chi connectivity index (χ4v) is 2.18. The SMILES string of the molecule is Cc1cccc([N+](=O)[O-])c1C(=O)NC(C)CCCBr.